The molecule has 6 heteroatoms. The van der Waals surface area contributed by atoms with Crippen LogP contribution in [0.3, 0.4) is 0 Å². The molecule has 3 rings (SSSR count). The quantitative estimate of drug-likeness (QED) is 0.720. The highest BCUT2D eigenvalue weighted by Crippen LogP contribution is 2.19. The smallest absolute Gasteiger partial charge is 0.240 e. The number of rotatable bonds is 7. The largest absolute Gasteiger partial charge is 0.497 e. The van der Waals surface area contributed by atoms with E-state index in [0.717, 1.165) is 23.4 Å². The van der Waals surface area contributed by atoms with Crippen LogP contribution in [0.4, 0.5) is 0 Å². The van der Waals surface area contributed by atoms with Gasteiger partial charge in [-0.1, -0.05) is 11.2 Å². The molecule has 2 aromatic heterocycles. The molecule has 0 bridgehead atoms. The molecule has 0 aliphatic heterocycles. The third-order valence-electron chi connectivity index (χ3n) is 3.66. The Labute approximate surface area is 140 Å². The van der Waals surface area contributed by atoms with Crippen molar-refractivity contribution in [2.75, 3.05) is 7.11 Å². The summed E-state index contributed by atoms with van der Waals surface area (Å²) in [5.41, 5.74) is 1.95. The van der Waals surface area contributed by atoms with Crippen LogP contribution in [-0.2, 0) is 13.0 Å². The summed E-state index contributed by atoms with van der Waals surface area (Å²) in [4.78, 5) is 8.75. The molecular weight excluding hydrogens is 304 g/mol. The molecule has 1 atom stereocenters. The van der Waals surface area contributed by atoms with E-state index < -0.39 is 0 Å². The highest BCUT2D eigenvalue weighted by atomic mass is 16.5. The lowest BCUT2D eigenvalue weighted by Crippen LogP contribution is -2.28. The number of hydrogen-bond acceptors (Lipinski definition) is 6. The number of aromatic nitrogens is 3. The van der Waals surface area contributed by atoms with Gasteiger partial charge in [0.2, 0.25) is 11.7 Å². The number of ether oxygens (including phenoxy) is 1. The number of nitrogens with zero attached hydrogens (tertiary/aromatic N) is 3. The molecule has 0 saturated carbocycles. The van der Waals surface area contributed by atoms with Crippen LogP contribution in [0.2, 0.25) is 0 Å². The molecule has 6 nitrogen and oxygen atoms in total. The molecule has 0 radical (unpaired) electrons. The Morgan fingerprint density at radius 2 is 2.00 bits per heavy atom. The lowest BCUT2D eigenvalue weighted by Gasteiger charge is -2.11. The van der Waals surface area contributed by atoms with Gasteiger partial charge in [-0.25, -0.2) is 0 Å². The van der Waals surface area contributed by atoms with Crippen molar-refractivity contribution in [1.29, 1.82) is 0 Å². The standard InChI is InChI=1S/C18H20N4O2/c1-13(11-15-5-3-4-10-19-15)20-12-17-21-18(22-24-17)14-6-8-16(23-2)9-7-14/h3-10,13,20H,11-12H2,1-2H3. The molecule has 0 aliphatic carbocycles. The number of hydrogen-bond donors (Lipinski definition) is 1. The minimum absolute atomic E-state index is 0.260. The molecule has 124 valence electrons. The molecular formula is C18H20N4O2. The van der Waals surface area contributed by atoms with Crippen molar-refractivity contribution >= 4 is 0 Å². The van der Waals surface area contributed by atoms with Crippen LogP contribution in [0, 0.1) is 0 Å². The Balaban J connectivity index is 1.55. The Kier molecular flexibility index (Phi) is 5.18. The lowest BCUT2D eigenvalue weighted by atomic mass is 10.1. The van der Waals surface area contributed by atoms with Crippen LogP contribution in [0.25, 0.3) is 11.4 Å². The summed E-state index contributed by atoms with van der Waals surface area (Å²) >= 11 is 0. The maximum absolute atomic E-state index is 5.31. The van der Waals surface area contributed by atoms with E-state index in [-0.39, 0.29) is 6.04 Å². The second kappa shape index (κ2) is 7.70. The Hall–Kier alpha value is -2.73. The minimum Gasteiger partial charge on any atom is -0.497 e. The fourth-order valence-corrected chi connectivity index (χ4v) is 2.35. The Morgan fingerprint density at radius 1 is 1.17 bits per heavy atom. The molecule has 0 amide bonds. The maximum Gasteiger partial charge on any atom is 0.240 e. The zero-order valence-electron chi connectivity index (χ0n) is 13.8. The van der Waals surface area contributed by atoms with Gasteiger partial charge in [0.15, 0.2) is 0 Å². The van der Waals surface area contributed by atoms with Crippen LogP contribution in [0.15, 0.2) is 53.2 Å². The van der Waals surface area contributed by atoms with Gasteiger partial charge in [-0.15, -0.1) is 0 Å². The van der Waals surface area contributed by atoms with Gasteiger partial charge in [-0.3, -0.25) is 4.98 Å². The third-order valence-corrected chi connectivity index (χ3v) is 3.66. The van der Waals surface area contributed by atoms with Gasteiger partial charge in [-0.05, 0) is 43.3 Å². The molecule has 1 aromatic carbocycles. The van der Waals surface area contributed by atoms with Crippen LogP contribution >= 0.6 is 0 Å². The third kappa shape index (κ3) is 4.17. The molecule has 3 aromatic rings. The summed E-state index contributed by atoms with van der Waals surface area (Å²) in [5.74, 6) is 1.94. The first-order valence-corrected chi connectivity index (χ1v) is 7.85. The predicted molar refractivity (Wildman–Crippen MR) is 90.5 cm³/mol. The van der Waals surface area contributed by atoms with Gasteiger partial charge < -0.3 is 14.6 Å². The van der Waals surface area contributed by atoms with E-state index in [2.05, 4.69) is 27.4 Å². The SMILES string of the molecule is COc1ccc(-c2noc(CNC(C)Cc3ccccn3)n2)cc1. The molecule has 0 fully saturated rings. The summed E-state index contributed by atoms with van der Waals surface area (Å²) in [5, 5.41) is 7.40. The average molecular weight is 324 g/mol. The first-order chi connectivity index (χ1) is 11.7. The van der Waals surface area contributed by atoms with Crippen molar-refractivity contribution in [1.82, 2.24) is 20.4 Å². The monoisotopic (exact) mass is 324 g/mol. The van der Waals surface area contributed by atoms with E-state index in [4.69, 9.17) is 9.26 Å². The van der Waals surface area contributed by atoms with Crippen molar-refractivity contribution in [3.8, 4) is 17.1 Å². The molecule has 1 unspecified atom stereocenters. The zero-order chi connectivity index (χ0) is 16.8. The first-order valence-electron chi connectivity index (χ1n) is 7.85. The van der Waals surface area contributed by atoms with Crippen molar-refractivity contribution in [3.05, 3.63) is 60.2 Å². The van der Waals surface area contributed by atoms with Gasteiger partial charge >= 0.3 is 0 Å². The summed E-state index contributed by atoms with van der Waals surface area (Å²) in [6.07, 6.45) is 2.65. The second-order valence-corrected chi connectivity index (χ2v) is 5.55. The summed E-state index contributed by atoms with van der Waals surface area (Å²) in [6, 6.07) is 13.8. The van der Waals surface area contributed by atoms with Crippen molar-refractivity contribution in [2.24, 2.45) is 0 Å². The first kappa shape index (κ1) is 16.1. The molecule has 24 heavy (non-hydrogen) atoms. The van der Waals surface area contributed by atoms with Gasteiger partial charge in [0.05, 0.1) is 13.7 Å². The summed E-state index contributed by atoms with van der Waals surface area (Å²) in [6.45, 7) is 2.63. The fraction of sp³-hybridized carbons (Fsp3) is 0.278. The summed E-state index contributed by atoms with van der Waals surface area (Å²) < 4.78 is 10.5. The Morgan fingerprint density at radius 3 is 2.71 bits per heavy atom. The topological polar surface area (TPSA) is 73.1 Å². The van der Waals surface area contributed by atoms with Crippen LogP contribution in [0.1, 0.15) is 18.5 Å². The number of nitrogens with one attached hydrogen (secondary N) is 1. The second-order valence-electron chi connectivity index (χ2n) is 5.55. The molecule has 2 heterocycles. The van der Waals surface area contributed by atoms with Crippen molar-refractivity contribution < 1.29 is 9.26 Å². The van der Waals surface area contributed by atoms with Gasteiger partial charge in [-0.2, -0.15) is 4.98 Å². The highest BCUT2D eigenvalue weighted by Gasteiger charge is 2.10. The number of benzene rings is 1. The van der Waals surface area contributed by atoms with E-state index in [1.165, 1.54) is 0 Å². The zero-order valence-corrected chi connectivity index (χ0v) is 13.8. The Bertz CT molecular complexity index is 756. The van der Waals surface area contributed by atoms with Gasteiger partial charge in [0, 0.05) is 29.9 Å². The van der Waals surface area contributed by atoms with Crippen molar-refractivity contribution in [3.63, 3.8) is 0 Å². The van der Waals surface area contributed by atoms with Crippen molar-refractivity contribution in [2.45, 2.75) is 25.9 Å². The van der Waals surface area contributed by atoms with Crippen LogP contribution in [-0.4, -0.2) is 28.3 Å². The van der Waals surface area contributed by atoms with Gasteiger partial charge in [0.1, 0.15) is 5.75 Å². The maximum atomic E-state index is 5.31. The number of methoxy groups -OCH3 is 1. The highest BCUT2D eigenvalue weighted by molar-refractivity contribution is 5.55. The van der Waals surface area contributed by atoms with E-state index >= 15 is 0 Å². The lowest BCUT2D eigenvalue weighted by molar-refractivity contribution is 0.359. The van der Waals surface area contributed by atoms with E-state index in [1.54, 1.807) is 13.3 Å². The average Bonchev–Trinajstić information content (AvgIpc) is 3.10. The van der Waals surface area contributed by atoms with Crippen LogP contribution in [0.5, 0.6) is 5.75 Å². The minimum atomic E-state index is 0.260. The molecule has 0 spiro atoms. The molecule has 0 saturated heterocycles. The normalized spacial score (nSPS) is 12.1. The van der Waals surface area contributed by atoms with Crippen LogP contribution < -0.4 is 10.1 Å². The van der Waals surface area contributed by atoms with E-state index in [0.29, 0.717) is 18.3 Å². The predicted octanol–water partition coefficient (Wildman–Crippen LogP) is 2.86. The van der Waals surface area contributed by atoms with E-state index in [1.807, 2.05) is 42.5 Å². The summed E-state index contributed by atoms with van der Waals surface area (Å²) in [7, 11) is 1.64. The molecule has 0 aliphatic rings. The number of pyridine rings is 1. The van der Waals surface area contributed by atoms with Gasteiger partial charge in [0.25, 0.3) is 0 Å². The molecule has 1 N–H and O–H groups in total. The fourth-order valence-electron chi connectivity index (χ4n) is 2.35. The van der Waals surface area contributed by atoms with E-state index in [9.17, 15) is 0 Å².